The predicted molar refractivity (Wildman–Crippen MR) is 60.9 cm³/mol. The number of carboxylic acid groups (broad SMARTS) is 1. The van der Waals surface area contributed by atoms with Crippen LogP contribution in [0.5, 0.6) is 0 Å². The lowest BCUT2D eigenvalue weighted by atomic mass is 10.1. The summed E-state index contributed by atoms with van der Waals surface area (Å²) in [5.41, 5.74) is 0.949. The summed E-state index contributed by atoms with van der Waals surface area (Å²) in [6, 6.07) is 7.57. The molecule has 0 heterocycles. The van der Waals surface area contributed by atoms with Crippen LogP contribution in [0.2, 0.25) is 0 Å². The van der Waals surface area contributed by atoms with E-state index < -0.39 is 12.1 Å². The number of carboxylic acids is 1. The first-order valence-electron chi connectivity index (χ1n) is 4.72. The lowest BCUT2D eigenvalue weighted by Crippen LogP contribution is -2.26. The Morgan fingerprint density at radius 3 is 2.87 bits per heavy atom. The van der Waals surface area contributed by atoms with Crippen LogP contribution in [0.15, 0.2) is 28.7 Å². The molecule has 1 aromatic rings. The van der Waals surface area contributed by atoms with Crippen LogP contribution in [0.4, 0.5) is 0 Å². The second kappa shape index (κ2) is 5.88. The lowest BCUT2D eigenvalue weighted by molar-refractivity contribution is -0.149. The Morgan fingerprint density at radius 2 is 2.33 bits per heavy atom. The zero-order valence-corrected chi connectivity index (χ0v) is 10.0. The molecule has 1 atom stereocenters. The van der Waals surface area contributed by atoms with Gasteiger partial charge in [0.1, 0.15) is 0 Å². The summed E-state index contributed by atoms with van der Waals surface area (Å²) in [5, 5.41) is 8.90. The minimum absolute atomic E-state index is 0.391. The van der Waals surface area contributed by atoms with Crippen LogP contribution in [0.3, 0.4) is 0 Å². The molecular formula is C11H13BrO3. The molecule has 1 rings (SSSR count). The number of hydrogen-bond donors (Lipinski definition) is 1. The van der Waals surface area contributed by atoms with Crippen molar-refractivity contribution < 1.29 is 14.6 Å². The summed E-state index contributed by atoms with van der Waals surface area (Å²) >= 11 is 3.34. The van der Waals surface area contributed by atoms with E-state index in [0.29, 0.717) is 13.0 Å². The summed E-state index contributed by atoms with van der Waals surface area (Å²) in [5.74, 6) is -0.920. The maximum atomic E-state index is 10.8. The number of hydrogen-bond acceptors (Lipinski definition) is 2. The van der Waals surface area contributed by atoms with Gasteiger partial charge in [0.25, 0.3) is 0 Å². The van der Waals surface area contributed by atoms with Crippen LogP contribution in [0.25, 0.3) is 0 Å². The normalized spacial score (nSPS) is 12.4. The average Bonchev–Trinajstić information content (AvgIpc) is 2.17. The third-order valence-corrected chi connectivity index (χ3v) is 2.45. The highest BCUT2D eigenvalue weighted by Crippen LogP contribution is 2.14. The highest BCUT2D eigenvalue weighted by molar-refractivity contribution is 9.10. The van der Waals surface area contributed by atoms with E-state index in [1.807, 2.05) is 24.3 Å². The molecule has 3 nitrogen and oxygen atoms in total. The predicted octanol–water partition coefficient (Wildman–Crippen LogP) is 2.48. The fourth-order valence-corrected chi connectivity index (χ4v) is 1.74. The molecule has 1 N–H and O–H groups in total. The van der Waals surface area contributed by atoms with E-state index in [1.165, 1.54) is 0 Å². The van der Waals surface area contributed by atoms with Crippen LogP contribution in [-0.4, -0.2) is 23.8 Å². The maximum absolute atomic E-state index is 10.8. The van der Waals surface area contributed by atoms with Gasteiger partial charge < -0.3 is 9.84 Å². The first kappa shape index (κ1) is 12.2. The Balaban J connectivity index is 2.69. The van der Waals surface area contributed by atoms with Gasteiger partial charge in [-0.2, -0.15) is 0 Å². The summed E-state index contributed by atoms with van der Waals surface area (Å²) in [4.78, 5) is 10.8. The molecule has 0 aliphatic rings. The van der Waals surface area contributed by atoms with E-state index in [-0.39, 0.29) is 0 Å². The monoisotopic (exact) mass is 272 g/mol. The van der Waals surface area contributed by atoms with Crippen LogP contribution < -0.4 is 0 Å². The van der Waals surface area contributed by atoms with Crippen LogP contribution in [-0.2, 0) is 16.0 Å². The van der Waals surface area contributed by atoms with Gasteiger partial charge >= 0.3 is 5.97 Å². The van der Waals surface area contributed by atoms with Crippen molar-refractivity contribution in [2.24, 2.45) is 0 Å². The second-order valence-corrected chi connectivity index (χ2v) is 4.03. The number of ether oxygens (including phenoxy) is 1. The summed E-state index contributed by atoms with van der Waals surface area (Å²) in [7, 11) is 0. The van der Waals surface area contributed by atoms with E-state index in [4.69, 9.17) is 9.84 Å². The highest BCUT2D eigenvalue weighted by atomic mass is 79.9. The molecule has 0 fully saturated rings. The number of benzene rings is 1. The van der Waals surface area contributed by atoms with Crippen molar-refractivity contribution in [1.29, 1.82) is 0 Å². The van der Waals surface area contributed by atoms with E-state index >= 15 is 0 Å². The molecule has 82 valence electrons. The molecule has 15 heavy (non-hydrogen) atoms. The van der Waals surface area contributed by atoms with E-state index in [1.54, 1.807) is 6.92 Å². The van der Waals surface area contributed by atoms with E-state index in [9.17, 15) is 4.79 Å². The van der Waals surface area contributed by atoms with Gasteiger partial charge in [-0.25, -0.2) is 4.79 Å². The summed E-state index contributed by atoms with van der Waals surface area (Å²) < 4.78 is 6.08. The van der Waals surface area contributed by atoms with Gasteiger partial charge in [-0.15, -0.1) is 0 Å². The third kappa shape index (κ3) is 4.01. The van der Waals surface area contributed by atoms with Crippen molar-refractivity contribution in [3.63, 3.8) is 0 Å². The van der Waals surface area contributed by atoms with Crippen molar-refractivity contribution in [2.75, 3.05) is 6.61 Å². The molecule has 0 aromatic heterocycles. The quantitative estimate of drug-likeness (QED) is 0.896. The molecular weight excluding hydrogens is 260 g/mol. The van der Waals surface area contributed by atoms with Gasteiger partial charge in [-0.3, -0.25) is 0 Å². The summed E-state index contributed by atoms with van der Waals surface area (Å²) in [6.07, 6.45) is -0.368. The molecule has 0 spiro atoms. The Bertz CT molecular complexity index is 338. The van der Waals surface area contributed by atoms with Gasteiger partial charge in [0.2, 0.25) is 0 Å². The first-order valence-corrected chi connectivity index (χ1v) is 5.51. The third-order valence-electron chi connectivity index (χ3n) is 1.95. The molecule has 0 bridgehead atoms. The van der Waals surface area contributed by atoms with Crippen molar-refractivity contribution in [3.05, 3.63) is 34.3 Å². The fourth-order valence-electron chi connectivity index (χ4n) is 1.30. The van der Waals surface area contributed by atoms with Crippen molar-refractivity contribution in [2.45, 2.75) is 19.4 Å². The molecule has 0 aliphatic carbocycles. The number of rotatable bonds is 5. The molecule has 1 aromatic carbocycles. The number of halogens is 1. The zero-order valence-electron chi connectivity index (χ0n) is 8.44. The standard InChI is InChI=1S/C11H13BrO3/c1-2-15-10(11(13)14)7-8-4-3-5-9(12)6-8/h3-6,10H,2,7H2,1H3,(H,13,14)/t10-/m0/s1. The zero-order chi connectivity index (χ0) is 11.3. The minimum atomic E-state index is -0.920. The molecule has 4 heteroatoms. The van der Waals surface area contributed by atoms with Crippen molar-refractivity contribution >= 4 is 21.9 Å². The maximum Gasteiger partial charge on any atom is 0.333 e. The summed E-state index contributed by atoms with van der Waals surface area (Å²) in [6.45, 7) is 2.20. The Morgan fingerprint density at radius 1 is 1.60 bits per heavy atom. The largest absolute Gasteiger partial charge is 0.479 e. The second-order valence-electron chi connectivity index (χ2n) is 3.12. The average molecular weight is 273 g/mol. The van der Waals surface area contributed by atoms with Gasteiger partial charge in [-0.05, 0) is 24.6 Å². The highest BCUT2D eigenvalue weighted by Gasteiger charge is 2.17. The number of aliphatic carboxylic acids is 1. The van der Waals surface area contributed by atoms with E-state index in [0.717, 1.165) is 10.0 Å². The fraction of sp³-hybridized carbons (Fsp3) is 0.364. The van der Waals surface area contributed by atoms with Crippen LogP contribution in [0.1, 0.15) is 12.5 Å². The van der Waals surface area contributed by atoms with Crippen molar-refractivity contribution in [3.8, 4) is 0 Å². The molecule has 0 amide bonds. The van der Waals surface area contributed by atoms with Gasteiger partial charge in [0.05, 0.1) is 0 Å². The van der Waals surface area contributed by atoms with Crippen LogP contribution in [0, 0.1) is 0 Å². The number of carbonyl (C=O) groups is 1. The molecule has 0 aliphatic heterocycles. The Hall–Kier alpha value is -0.870. The topological polar surface area (TPSA) is 46.5 Å². The Kier molecular flexibility index (Phi) is 4.78. The molecule has 0 saturated carbocycles. The minimum Gasteiger partial charge on any atom is -0.479 e. The van der Waals surface area contributed by atoms with Gasteiger partial charge in [0, 0.05) is 17.5 Å². The van der Waals surface area contributed by atoms with Gasteiger partial charge in [0.15, 0.2) is 6.10 Å². The Labute approximate surface area is 97.2 Å². The van der Waals surface area contributed by atoms with Crippen molar-refractivity contribution in [1.82, 2.24) is 0 Å². The molecule has 0 saturated heterocycles. The lowest BCUT2D eigenvalue weighted by Gasteiger charge is -2.12. The SMILES string of the molecule is CCO[C@@H](Cc1cccc(Br)c1)C(=O)O. The van der Waals surface area contributed by atoms with Gasteiger partial charge in [-0.1, -0.05) is 28.1 Å². The van der Waals surface area contributed by atoms with Crippen LogP contribution >= 0.6 is 15.9 Å². The molecule has 0 radical (unpaired) electrons. The van der Waals surface area contributed by atoms with E-state index in [2.05, 4.69) is 15.9 Å². The first-order chi connectivity index (χ1) is 7.13. The smallest absolute Gasteiger partial charge is 0.333 e. The molecule has 0 unspecified atom stereocenters.